The molecule has 0 bridgehead atoms. The van der Waals surface area contributed by atoms with E-state index in [-0.39, 0.29) is 5.91 Å². The fourth-order valence-corrected chi connectivity index (χ4v) is 2.97. The van der Waals surface area contributed by atoms with Crippen LogP contribution in [0, 0.1) is 0 Å². The highest BCUT2D eigenvalue weighted by Gasteiger charge is 2.31. The third-order valence-electron chi connectivity index (χ3n) is 4.30. The van der Waals surface area contributed by atoms with Crippen molar-refractivity contribution in [1.82, 2.24) is 9.88 Å². The van der Waals surface area contributed by atoms with Crippen LogP contribution in [0.2, 0.25) is 5.02 Å². The Balaban J connectivity index is 1.57. The summed E-state index contributed by atoms with van der Waals surface area (Å²) in [5, 5.41) is 0.569. The molecule has 142 valence electrons. The molecule has 2 heterocycles. The van der Waals surface area contributed by atoms with Gasteiger partial charge in [0.1, 0.15) is 5.82 Å². The minimum Gasteiger partial charge on any atom is -0.353 e. The molecular formula is C19H17ClF3N3O. The molecule has 1 aromatic heterocycles. The number of carbonyl (C=O) groups is 1. The maximum atomic E-state index is 12.6. The van der Waals surface area contributed by atoms with E-state index in [9.17, 15) is 18.0 Å². The smallest absolute Gasteiger partial charge is 0.353 e. The quantitative estimate of drug-likeness (QED) is 0.734. The number of aromatic nitrogens is 1. The summed E-state index contributed by atoms with van der Waals surface area (Å²) in [5.41, 5.74) is -0.00937. The molecule has 0 saturated carbocycles. The summed E-state index contributed by atoms with van der Waals surface area (Å²) in [7, 11) is 0. The van der Waals surface area contributed by atoms with Crippen molar-refractivity contribution in [3.63, 3.8) is 0 Å². The van der Waals surface area contributed by atoms with Crippen molar-refractivity contribution in [2.75, 3.05) is 31.1 Å². The monoisotopic (exact) mass is 395 g/mol. The zero-order valence-corrected chi connectivity index (χ0v) is 15.0. The normalized spacial score (nSPS) is 15.4. The van der Waals surface area contributed by atoms with Gasteiger partial charge in [-0.15, -0.1) is 0 Å². The summed E-state index contributed by atoms with van der Waals surface area (Å²) in [4.78, 5) is 19.8. The number of alkyl halides is 3. The number of nitrogens with zero attached hydrogens (tertiary/aromatic N) is 3. The van der Waals surface area contributed by atoms with E-state index >= 15 is 0 Å². The van der Waals surface area contributed by atoms with Crippen LogP contribution >= 0.6 is 11.6 Å². The van der Waals surface area contributed by atoms with Crippen LogP contribution < -0.4 is 4.90 Å². The van der Waals surface area contributed by atoms with Crippen LogP contribution in [-0.2, 0) is 11.0 Å². The molecule has 27 heavy (non-hydrogen) atoms. The van der Waals surface area contributed by atoms with Crippen LogP contribution in [0.5, 0.6) is 0 Å². The maximum Gasteiger partial charge on any atom is 0.417 e. The minimum absolute atomic E-state index is 0.130. The van der Waals surface area contributed by atoms with Gasteiger partial charge in [0.25, 0.3) is 0 Å². The second-order valence-electron chi connectivity index (χ2n) is 6.07. The number of hydrogen-bond acceptors (Lipinski definition) is 3. The third-order valence-corrected chi connectivity index (χ3v) is 4.65. The summed E-state index contributed by atoms with van der Waals surface area (Å²) < 4.78 is 37.8. The first-order valence-corrected chi connectivity index (χ1v) is 8.72. The van der Waals surface area contributed by atoms with Gasteiger partial charge in [-0.05, 0) is 29.8 Å². The molecule has 0 spiro atoms. The average Bonchev–Trinajstić information content (AvgIpc) is 2.67. The second-order valence-corrected chi connectivity index (χ2v) is 6.48. The first-order chi connectivity index (χ1) is 12.8. The fourth-order valence-electron chi connectivity index (χ4n) is 2.77. The zero-order chi connectivity index (χ0) is 19.4. The predicted octanol–water partition coefficient (Wildman–Crippen LogP) is 4.12. The van der Waals surface area contributed by atoms with E-state index in [1.807, 2.05) is 23.1 Å². The van der Waals surface area contributed by atoms with E-state index in [1.165, 1.54) is 12.1 Å². The van der Waals surface area contributed by atoms with Crippen molar-refractivity contribution < 1.29 is 18.0 Å². The van der Waals surface area contributed by atoms with Crippen LogP contribution in [0.4, 0.5) is 19.0 Å². The Bertz CT molecular complexity index is 829. The first-order valence-electron chi connectivity index (χ1n) is 8.34. The number of halogens is 4. The largest absolute Gasteiger partial charge is 0.417 e. The molecule has 0 N–H and O–H groups in total. The SMILES string of the molecule is O=C(/C=C/c1ccccc1Cl)N1CCN(c2ccc(C(F)(F)F)cn2)CC1. The van der Waals surface area contributed by atoms with Gasteiger partial charge < -0.3 is 9.80 Å². The zero-order valence-electron chi connectivity index (χ0n) is 14.3. The Morgan fingerprint density at radius 1 is 1.07 bits per heavy atom. The van der Waals surface area contributed by atoms with Crippen molar-refractivity contribution in [3.05, 3.63) is 64.8 Å². The summed E-state index contributed by atoms with van der Waals surface area (Å²) in [5.74, 6) is 0.344. The summed E-state index contributed by atoms with van der Waals surface area (Å²) in [6.45, 7) is 1.94. The van der Waals surface area contributed by atoms with E-state index < -0.39 is 11.7 Å². The molecule has 1 aliphatic heterocycles. The molecular weight excluding hydrogens is 379 g/mol. The van der Waals surface area contributed by atoms with Crippen molar-refractivity contribution in [3.8, 4) is 0 Å². The predicted molar refractivity (Wildman–Crippen MR) is 98.5 cm³/mol. The molecule has 0 radical (unpaired) electrons. The number of carbonyl (C=O) groups excluding carboxylic acids is 1. The van der Waals surface area contributed by atoms with Crippen molar-refractivity contribution in [2.24, 2.45) is 0 Å². The van der Waals surface area contributed by atoms with E-state index in [0.29, 0.717) is 37.0 Å². The maximum absolute atomic E-state index is 12.6. The highest BCUT2D eigenvalue weighted by molar-refractivity contribution is 6.32. The van der Waals surface area contributed by atoms with Gasteiger partial charge in [0.2, 0.25) is 5.91 Å². The van der Waals surface area contributed by atoms with Crippen LogP contribution in [0.3, 0.4) is 0 Å². The summed E-state index contributed by atoms with van der Waals surface area (Å²) in [6.07, 6.45) is -0.411. The van der Waals surface area contributed by atoms with Gasteiger partial charge in [0.15, 0.2) is 0 Å². The standard InChI is InChI=1S/C19H17ClF3N3O/c20-16-4-2-1-3-14(16)5-8-18(27)26-11-9-25(10-12-26)17-7-6-15(13-24-17)19(21,22)23/h1-8,13H,9-12H2/b8-5+. The highest BCUT2D eigenvalue weighted by atomic mass is 35.5. The Kier molecular flexibility index (Phi) is 5.70. The molecule has 1 amide bonds. The molecule has 1 aromatic carbocycles. The molecule has 1 saturated heterocycles. The van der Waals surface area contributed by atoms with Crippen LogP contribution in [-0.4, -0.2) is 42.0 Å². The molecule has 0 atom stereocenters. The molecule has 0 aliphatic carbocycles. The fraction of sp³-hybridized carbons (Fsp3) is 0.263. The van der Waals surface area contributed by atoms with Crippen molar-refractivity contribution in [1.29, 1.82) is 0 Å². The van der Waals surface area contributed by atoms with Gasteiger partial charge in [-0.3, -0.25) is 4.79 Å². The molecule has 0 unspecified atom stereocenters. The lowest BCUT2D eigenvalue weighted by atomic mass is 10.2. The lowest BCUT2D eigenvalue weighted by molar-refractivity contribution is -0.137. The Labute approximate surface area is 159 Å². The number of amides is 1. The van der Waals surface area contributed by atoms with Gasteiger partial charge in [0, 0.05) is 43.5 Å². The van der Waals surface area contributed by atoms with Crippen LogP contribution in [0.15, 0.2) is 48.7 Å². The van der Waals surface area contributed by atoms with Crippen molar-refractivity contribution >= 4 is 29.4 Å². The topological polar surface area (TPSA) is 36.4 Å². The Hall–Kier alpha value is -2.54. The number of pyridine rings is 1. The second kappa shape index (κ2) is 8.00. The Morgan fingerprint density at radius 3 is 2.37 bits per heavy atom. The lowest BCUT2D eigenvalue weighted by Crippen LogP contribution is -2.48. The number of anilines is 1. The number of hydrogen-bond donors (Lipinski definition) is 0. The molecule has 4 nitrogen and oxygen atoms in total. The third kappa shape index (κ3) is 4.80. The minimum atomic E-state index is -4.40. The van der Waals surface area contributed by atoms with Crippen molar-refractivity contribution in [2.45, 2.75) is 6.18 Å². The van der Waals surface area contributed by atoms with Gasteiger partial charge in [-0.25, -0.2) is 4.98 Å². The molecule has 1 fully saturated rings. The average molecular weight is 396 g/mol. The van der Waals surface area contributed by atoms with Crippen LogP contribution in [0.25, 0.3) is 6.08 Å². The van der Waals surface area contributed by atoms with E-state index in [4.69, 9.17) is 11.6 Å². The molecule has 8 heteroatoms. The molecule has 2 aromatic rings. The van der Waals surface area contributed by atoms with E-state index in [0.717, 1.165) is 17.8 Å². The van der Waals surface area contributed by atoms with Gasteiger partial charge in [0.05, 0.1) is 5.56 Å². The summed E-state index contributed by atoms with van der Waals surface area (Å²) >= 11 is 6.06. The van der Waals surface area contributed by atoms with E-state index in [1.54, 1.807) is 17.0 Å². The Morgan fingerprint density at radius 2 is 1.78 bits per heavy atom. The number of rotatable bonds is 3. The lowest BCUT2D eigenvalue weighted by Gasteiger charge is -2.35. The van der Waals surface area contributed by atoms with E-state index in [2.05, 4.69) is 4.98 Å². The first kappa shape index (κ1) is 19.2. The number of benzene rings is 1. The number of piperazine rings is 1. The molecule has 1 aliphatic rings. The van der Waals surface area contributed by atoms with Gasteiger partial charge >= 0.3 is 6.18 Å². The van der Waals surface area contributed by atoms with Crippen LogP contribution in [0.1, 0.15) is 11.1 Å². The molecule has 3 rings (SSSR count). The van der Waals surface area contributed by atoms with Gasteiger partial charge in [-0.1, -0.05) is 29.8 Å². The highest BCUT2D eigenvalue weighted by Crippen LogP contribution is 2.29. The van der Waals surface area contributed by atoms with Gasteiger partial charge in [-0.2, -0.15) is 13.2 Å². The summed E-state index contributed by atoms with van der Waals surface area (Å²) in [6, 6.07) is 9.60.